The van der Waals surface area contributed by atoms with Gasteiger partial charge in [0, 0.05) is 11.6 Å². The molecule has 0 bridgehead atoms. The smallest absolute Gasteiger partial charge is 0.131 e. The summed E-state index contributed by atoms with van der Waals surface area (Å²) in [5.41, 5.74) is -0.951. The number of nitrogens with zero attached hydrogens (tertiary/aromatic N) is 1. The molecule has 1 fully saturated rings. The summed E-state index contributed by atoms with van der Waals surface area (Å²) in [6, 6.07) is 5.26. The largest absolute Gasteiger partial charge is 0.387 e. The molecule has 1 aliphatic carbocycles. The fourth-order valence-corrected chi connectivity index (χ4v) is 3.02. The Morgan fingerprint density at radius 3 is 2.79 bits per heavy atom. The molecule has 0 aromatic heterocycles. The van der Waals surface area contributed by atoms with Gasteiger partial charge in [0.15, 0.2) is 0 Å². The zero-order valence-corrected chi connectivity index (χ0v) is 10.9. The molecule has 1 aromatic carbocycles. The summed E-state index contributed by atoms with van der Waals surface area (Å²) in [7, 11) is 0. The van der Waals surface area contributed by atoms with Crippen LogP contribution in [0.4, 0.5) is 8.78 Å². The van der Waals surface area contributed by atoms with Crippen molar-refractivity contribution in [2.24, 2.45) is 11.3 Å². The number of hydrogen-bond acceptors (Lipinski definition) is 2. The standard InChI is InChI=1S/C15H17F2NO/c1-10-3-2-6-15(8-10,9-18)14(19)12-5-4-11(16)7-13(12)17/h4-5,7,10,14,19H,2-3,6,8H2,1H3. The number of aliphatic hydroxyl groups excluding tert-OH is 1. The number of hydrogen-bond donors (Lipinski definition) is 1. The van der Waals surface area contributed by atoms with Crippen LogP contribution >= 0.6 is 0 Å². The lowest BCUT2D eigenvalue weighted by Crippen LogP contribution is -2.33. The van der Waals surface area contributed by atoms with Gasteiger partial charge in [-0.3, -0.25) is 0 Å². The van der Waals surface area contributed by atoms with Gasteiger partial charge in [-0.15, -0.1) is 0 Å². The maximum atomic E-state index is 13.7. The van der Waals surface area contributed by atoms with Crippen molar-refractivity contribution in [2.75, 3.05) is 0 Å². The first-order valence-corrected chi connectivity index (χ1v) is 6.53. The number of nitriles is 1. The van der Waals surface area contributed by atoms with Crippen LogP contribution in [0, 0.1) is 34.3 Å². The Morgan fingerprint density at radius 2 is 2.21 bits per heavy atom. The van der Waals surface area contributed by atoms with Gasteiger partial charge in [0.25, 0.3) is 0 Å². The van der Waals surface area contributed by atoms with E-state index < -0.39 is 23.2 Å². The highest BCUT2D eigenvalue weighted by atomic mass is 19.1. The van der Waals surface area contributed by atoms with Crippen LogP contribution in [0.2, 0.25) is 0 Å². The topological polar surface area (TPSA) is 44.0 Å². The second kappa shape index (κ2) is 5.26. The third-order valence-corrected chi connectivity index (χ3v) is 4.04. The maximum Gasteiger partial charge on any atom is 0.131 e. The molecule has 1 saturated carbocycles. The zero-order chi connectivity index (χ0) is 14.0. The third-order valence-electron chi connectivity index (χ3n) is 4.04. The van der Waals surface area contributed by atoms with Crippen molar-refractivity contribution in [3.63, 3.8) is 0 Å². The van der Waals surface area contributed by atoms with Crippen molar-refractivity contribution in [3.05, 3.63) is 35.4 Å². The van der Waals surface area contributed by atoms with Crippen LogP contribution in [0.15, 0.2) is 18.2 Å². The summed E-state index contributed by atoms with van der Waals surface area (Å²) in [4.78, 5) is 0. The van der Waals surface area contributed by atoms with Crippen molar-refractivity contribution in [1.82, 2.24) is 0 Å². The molecule has 0 amide bonds. The molecule has 4 heteroatoms. The van der Waals surface area contributed by atoms with Crippen molar-refractivity contribution in [2.45, 2.75) is 38.7 Å². The van der Waals surface area contributed by atoms with E-state index in [1.54, 1.807) is 0 Å². The molecular formula is C15H17F2NO. The predicted octanol–water partition coefficient (Wildman–Crippen LogP) is 3.72. The van der Waals surface area contributed by atoms with Gasteiger partial charge in [-0.1, -0.05) is 25.8 Å². The van der Waals surface area contributed by atoms with E-state index in [0.717, 1.165) is 25.0 Å². The van der Waals surface area contributed by atoms with Crippen LogP contribution in [0.5, 0.6) is 0 Å². The van der Waals surface area contributed by atoms with E-state index in [4.69, 9.17) is 0 Å². The number of aliphatic hydroxyl groups is 1. The molecule has 1 aliphatic rings. The van der Waals surface area contributed by atoms with Gasteiger partial charge in [-0.05, 0) is 24.8 Å². The molecule has 0 aliphatic heterocycles. The van der Waals surface area contributed by atoms with Crippen LogP contribution in [-0.2, 0) is 0 Å². The Morgan fingerprint density at radius 1 is 1.47 bits per heavy atom. The van der Waals surface area contributed by atoms with Gasteiger partial charge in [-0.25, -0.2) is 8.78 Å². The van der Waals surface area contributed by atoms with Gasteiger partial charge >= 0.3 is 0 Å². The minimum absolute atomic E-state index is 0.0112. The normalized spacial score (nSPS) is 28.7. The Bertz CT molecular complexity index is 511. The van der Waals surface area contributed by atoms with Crippen molar-refractivity contribution >= 4 is 0 Å². The Hall–Kier alpha value is -1.47. The molecule has 102 valence electrons. The monoisotopic (exact) mass is 265 g/mol. The third kappa shape index (κ3) is 2.62. The van der Waals surface area contributed by atoms with Crippen LogP contribution in [-0.4, -0.2) is 5.11 Å². The first-order chi connectivity index (χ1) is 8.98. The van der Waals surface area contributed by atoms with E-state index in [1.165, 1.54) is 6.07 Å². The highest BCUT2D eigenvalue weighted by Crippen LogP contribution is 2.47. The Labute approximate surface area is 111 Å². The van der Waals surface area contributed by atoms with E-state index in [2.05, 4.69) is 6.07 Å². The summed E-state index contributed by atoms with van der Waals surface area (Å²) in [5, 5.41) is 19.8. The first kappa shape index (κ1) is 14.0. The molecule has 0 saturated heterocycles. The lowest BCUT2D eigenvalue weighted by molar-refractivity contribution is 0.0195. The molecule has 0 radical (unpaired) electrons. The van der Waals surface area contributed by atoms with E-state index >= 15 is 0 Å². The molecule has 0 heterocycles. The minimum atomic E-state index is -1.21. The number of benzene rings is 1. The Kier molecular flexibility index (Phi) is 3.86. The predicted molar refractivity (Wildman–Crippen MR) is 67.0 cm³/mol. The lowest BCUT2D eigenvalue weighted by Gasteiger charge is -2.38. The van der Waals surface area contributed by atoms with Crippen LogP contribution in [0.1, 0.15) is 44.3 Å². The van der Waals surface area contributed by atoms with E-state index in [9.17, 15) is 19.1 Å². The summed E-state index contributed by atoms with van der Waals surface area (Å²) >= 11 is 0. The van der Waals surface area contributed by atoms with Gasteiger partial charge in [0.2, 0.25) is 0 Å². The van der Waals surface area contributed by atoms with E-state index in [-0.39, 0.29) is 5.56 Å². The molecule has 2 nitrogen and oxygen atoms in total. The van der Waals surface area contributed by atoms with Gasteiger partial charge in [-0.2, -0.15) is 5.26 Å². The fraction of sp³-hybridized carbons (Fsp3) is 0.533. The molecule has 2 rings (SSSR count). The summed E-state index contributed by atoms with van der Waals surface area (Å²) in [6.45, 7) is 2.03. The van der Waals surface area contributed by atoms with Crippen LogP contribution in [0.25, 0.3) is 0 Å². The summed E-state index contributed by atoms with van der Waals surface area (Å²) < 4.78 is 26.7. The highest BCUT2D eigenvalue weighted by molar-refractivity contribution is 5.25. The van der Waals surface area contributed by atoms with Crippen molar-refractivity contribution < 1.29 is 13.9 Å². The minimum Gasteiger partial charge on any atom is -0.387 e. The first-order valence-electron chi connectivity index (χ1n) is 6.53. The lowest BCUT2D eigenvalue weighted by atomic mass is 9.66. The highest BCUT2D eigenvalue weighted by Gasteiger charge is 2.43. The second-order valence-corrected chi connectivity index (χ2v) is 5.54. The fourth-order valence-electron chi connectivity index (χ4n) is 3.02. The number of halogens is 2. The van der Waals surface area contributed by atoms with E-state index in [0.29, 0.717) is 18.8 Å². The quantitative estimate of drug-likeness (QED) is 0.885. The molecule has 1 aromatic rings. The van der Waals surface area contributed by atoms with Gasteiger partial charge in [0.1, 0.15) is 17.7 Å². The molecule has 0 spiro atoms. The average Bonchev–Trinajstić information content (AvgIpc) is 2.38. The molecule has 3 unspecified atom stereocenters. The average molecular weight is 265 g/mol. The zero-order valence-electron chi connectivity index (χ0n) is 10.9. The Balaban J connectivity index is 2.35. The van der Waals surface area contributed by atoms with Crippen LogP contribution in [0.3, 0.4) is 0 Å². The molecule has 3 atom stereocenters. The maximum absolute atomic E-state index is 13.7. The second-order valence-electron chi connectivity index (χ2n) is 5.54. The molecular weight excluding hydrogens is 248 g/mol. The molecule has 1 N–H and O–H groups in total. The number of rotatable bonds is 2. The van der Waals surface area contributed by atoms with E-state index in [1.807, 2.05) is 6.92 Å². The van der Waals surface area contributed by atoms with Gasteiger partial charge < -0.3 is 5.11 Å². The summed E-state index contributed by atoms with van der Waals surface area (Å²) in [5.74, 6) is -1.15. The van der Waals surface area contributed by atoms with Gasteiger partial charge in [0.05, 0.1) is 11.5 Å². The van der Waals surface area contributed by atoms with Crippen molar-refractivity contribution in [3.8, 4) is 6.07 Å². The SMILES string of the molecule is CC1CCCC(C#N)(C(O)c2ccc(F)cc2F)C1. The van der Waals surface area contributed by atoms with Crippen LogP contribution < -0.4 is 0 Å². The molecule has 19 heavy (non-hydrogen) atoms. The van der Waals surface area contributed by atoms with Crippen molar-refractivity contribution in [1.29, 1.82) is 5.26 Å². The summed E-state index contributed by atoms with van der Waals surface area (Å²) in [6.07, 6.45) is 1.74.